The molecular weight excluding hydrogens is 392 g/mol. The van der Waals surface area contributed by atoms with Gasteiger partial charge in [-0.2, -0.15) is 0 Å². The molecule has 2 aromatic rings. The summed E-state index contributed by atoms with van der Waals surface area (Å²) in [5.41, 5.74) is 0.977. The maximum Gasteiger partial charge on any atom is 0.337 e. The second-order valence-corrected chi connectivity index (χ2v) is 6.97. The van der Waals surface area contributed by atoms with Gasteiger partial charge in [-0.15, -0.1) is 6.58 Å². The summed E-state index contributed by atoms with van der Waals surface area (Å²) in [5, 5.41) is 19.5. The van der Waals surface area contributed by atoms with E-state index in [-0.39, 0.29) is 29.5 Å². The number of rotatable bonds is 6. The van der Waals surface area contributed by atoms with Crippen molar-refractivity contribution in [2.75, 3.05) is 13.7 Å². The van der Waals surface area contributed by atoms with Gasteiger partial charge in [0.1, 0.15) is 0 Å². The molecule has 7 nitrogen and oxygen atoms in total. The quantitative estimate of drug-likeness (QED) is 0.554. The number of carboxylic acids is 1. The van der Waals surface area contributed by atoms with Crippen molar-refractivity contribution in [1.82, 2.24) is 4.90 Å². The number of phenolic OH excluding ortho intramolecular Hbond substituents is 1. The molecule has 0 spiro atoms. The summed E-state index contributed by atoms with van der Waals surface area (Å²) in [6, 6.07) is 11.1. The van der Waals surface area contributed by atoms with Crippen LogP contribution in [0.15, 0.2) is 65.0 Å². The van der Waals surface area contributed by atoms with Gasteiger partial charge in [0.2, 0.25) is 0 Å². The van der Waals surface area contributed by atoms with Gasteiger partial charge in [-0.05, 0) is 47.7 Å². The van der Waals surface area contributed by atoms with E-state index in [1.807, 2.05) is 0 Å². The third-order valence-corrected chi connectivity index (χ3v) is 5.06. The molecule has 0 aliphatic carbocycles. The third kappa shape index (κ3) is 4.33. The average Bonchev–Trinajstić information content (AvgIpc) is 2.99. The number of thioether (sulfide) groups is 1. The number of hydrogen-bond acceptors (Lipinski definition) is 6. The zero-order valence-corrected chi connectivity index (χ0v) is 16.3. The van der Waals surface area contributed by atoms with Gasteiger partial charge >= 0.3 is 5.97 Å². The molecule has 1 aliphatic rings. The monoisotopic (exact) mass is 410 g/mol. The van der Waals surface area contributed by atoms with Crippen molar-refractivity contribution >= 4 is 40.6 Å². The highest BCUT2D eigenvalue weighted by Crippen LogP contribution is 2.36. The van der Waals surface area contributed by atoms with E-state index >= 15 is 0 Å². The van der Waals surface area contributed by atoms with Gasteiger partial charge in [-0.3, -0.25) is 9.69 Å². The van der Waals surface area contributed by atoms with Crippen LogP contribution in [-0.2, 0) is 4.79 Å². The molecule has 0 bridgehead atoms. The molecule has 29 heavy (non-hydrogen) atoms. The molecule has 0 unspecified atom stereocenters. The number of nitrogens with zero attached hydrogens (tertiary/aromatic N) is 2. The fourth-order valence-electron chi connectivity index (χ4n) is 2.67. The number of hydrogen-bond donors (Lipinski definition) is 2. The minimum absolute atomic E-state index is 0.000801. The molecule has 2 aromatic carbocycles. The maximum absolute atomic E-state index is 12.9. The Labute approximate surface area is 171 Å². The lowest BCUT2D eigenvalue weighted by Crippen LogP contribution is -2.29. The molecular formula is C21H18N2O5S. The summed E-state index contributed by atoms with van der Waals surface area (Å²) in [7, 11) is 1.44. The van der Waals surface area contributed by atoms with Gasteiger partial charge in [0.25, 0.3) is 5.91 Å². The molecule has 3 rings (SSSR count). The number of phenols is 1. The highest BCUT2D eigenvalue weighted by atomic mass is 32.2. The third-order valence-electron chi connectivity index (χ3n) is 4.05. The highest BCUT2D eigenvalue weighted by molar-refractivity contribution is 8.18. The Bertz CT molecular complexity index is 1050. The van der Waals surface area contributed by atoms with E-state index in [1.54, 1.807) is 42.5 Å². The van der Waals surface area contributed by atoms with E-state index in [9.17, 15) is 19.8 Å². The number of carbonyl (C=O) groups is 2. The summed E-state index contributed by atoms with van der Waals surface area (Å²) in [6.45, 7) is 3.90. The van der Waals surface area contributed by atoms with Crippen LogP contribution in [0.5, 0.6) is 11.5 Å². The van der Waals surface area contributed by atoms with E-state index in [2.05, 4.69) is 11.6 Å². The first-order valence-corrected chi connectivity index (χ1v) is 9.36. The van der Waals surface area contributed by atoms with Crippen LogP contribution in [0.1, 0.15) is 15.9 Å². The van der Waals surface area contributed by atoms with E-state index in [0.717, 1.165) is 11.8 Å². The molecule has 8 heteroatoms. The Morgan fingerprint density at radius 3 is 2.76 bits per heavy atom. The van der Waals surface area contributed by atoms with Crippen molar-refractivity contribution in [2.45, 2.75) is 0 Å². The van der Waals surface area contributed by atoms with E-state index in [0.29, 0.717) is 21.4 Å². The number of carbonyl (C=O) groups excluding carboxylic acids is 1. The van der Waals surface area contributed by atoms with Gasteiger partial charge in [-0.1, -0.05) is 24.3 Å². The molecule has 0 aromatic heterocycles. The Morgan fingerprint density at radius 1 is 1.31 bits per heavy atom. The Kier molecular flexibility index (Phi) is 6.04. The predicted molar refractivity (Wildman–Crippen MR) is 113 cm³/mol. The Hall–Kier alpha value is -3.52. The summed E-state index contributed by atoms with van der Waals surface area (Å²) in [6.07, 6.45) is 3.24. The highest BCUT2D eigenvalue weighted by Gasteiger charge is 2.33. The number of amidine groups is 1. The number of aliphatic imine (C=N–C) groups is 1. The van der Waals surface area contributed by atoms with Crippen molar-refractivity contribution < 1.29 is 24.5 Å². The predicted octanol–water partition coefficient (Wildman–Crippen LogP) is 3.89. The van der Waals surface area contributed by atoms with Crippen molar-refractivity contribution in [1.29, 1.82) is 0 Å². The number of aromatic carboxylic acids is 1. The zero-order chi connectivity index (χ0) is 21.0. The summed E-state index contributed by atoms with van der Waals surface area (Å²) in [4.78, 5) is 30.6. The minimum Gasteiger partial charge on any atom is -0.504 e. The number of benzene rings is 2. The molecule has 2 N–H and O–H groups in total. The topological polar surface area (TPSA) is 99.4 Å². The first kappa shape index (κ1) is 20.2. The smallest absolute Gasteiger partial charge is 0.337 e. The number of methoxy groups -OCH3 is 1. The Morgan fingerprint density at radius 2 is 2.07 bits per heavy atom. The molecule has 148 valence electrons. The lowest BCUT2D eigenvalue weighted by atomic mass is 10.2. The van der Waals surface area contributed by atoms with Gasteiger partial charge in [0, 0.05) is 6.54 Å². The number of carboxylic acid groups (broad SMARTS) is 1. The minimum atomic E-state index is -1.10. The van der Waals surface area contributed by atoms with Crippen LogP contribution < -0.4 is 4.74 Å². The van der Waals surface area contributed by atoms with Crippen LogP contribution in [0, 0.1) is 0 Å². The van der Waals surface area contributed by atoms with Crippen LogP contribution in [0.25, 0.3) is 6.08 Å². The largest absolute Gasteiger partial charge is 0.504 e. The van der Waals surface area contributed by atoms with Crippen LogP contribution in [0.2, 0.25) is 0 Å². The van der Waals surface area contributed by atoms with Crippen molar-refractivity contribution in [3.63, 3.8) is 0 Å². The average molecular weight is 410 g/mol. The molecule has 1 aliphatic heterocycles. The molecule has 0 saturated carbocycles. The SMILES string of the molecule is C=CCN1C(=O)/C(=C/c2ccc(O)c(OC)c2)SC1=Nc1ccccc1C(=O)O. The van der Waals surface area contributed by atoms with E-state index < -0.39 is 5.97 Å². The second-order valence-electron chi connectivity index (χ2n) is 5.96. The molecule has 0 atom stereocenters. The first-order valence-electron chi connectivity index (χ1n) is 8.55. The van der Waals surface area contributed by atoms with E-state index in [4.69, 9.17) is 4.74 Å². The molecule has 1 saturated heterocycles. The van der Waals surface area contributed by atoms with E-state index in [1.165, 1.54) is 24.1 Å². The number of ether oxygens (including phenoxy) is 1. The summed E-state index contributed by atoms with van der Waals surface area (Å²) >= 11 is 1.14. The number of para-hydroxylation sites is 1. The van der Waals surface area contributed by atoms with Crippen LogP contribution in [0.3, 0.4) is 0 Å². The van der Waals surface area contributed by atoms with Crippen molar-refractivity contribution in [3.8, 4) is 11.5 Å². The van der Waals surface area contributed by atoms with Crippen LogP contribution in [-0.4, -0.2) is 45.8 Å². The first-order chi connectivity index (χ1) is 13.9. The van der Waals surface area contributed by atoms with Gasteiger partial charge in [0.05, 0.1) is 23.3 Å². The normalized spacial score (nSPS) is 16.4. The molecule has 0 radical (unpaired) electrons. The fraction of sp³-hybridized carbons (Fsp3) is 0.0952. The molecule has 1 fully saturated rings. The lowest BCUT2D eigenvalue weighted by molar-refractivity contribution is -0.121. The number of amides is 1. The van der Waals surface area contributed by atoms with Crippen LogP contribution in [0.4, 0.5) is 5.69 Å². The van der Waals surface area contributed by atoms with Crippen molar-refractivity contribution in [2.24, 2.45) is 4.99 Å². The standard InChI is InChI=1S/C21H18N2O5S/c1-3-10-23-19(25)18(12-13-8-9-16(24)17(11-13)28-2)29-21(23)22-15-7-5-4-6-14(15)20(26)27/h3-9,11-12,24H,1,10H2,2H3,(H,26,27)/b18-12-,22-21?. The summed E-state index contributed by atoms with van der Waals surface area (Å²) < 4.78 is 5.10. The Balaban J connectivity index is 2.01. The fourth-order valence-corrected chi connectivity index (χ4v) is 3.67. The van der Waals surface area contributed by atoms with Gasteiger partial charge in [0.15, 0.2) is 16.7 Å². The summed E-state index contributed by atoms with van der Waals surface area (Å²) in [5.74, 6) is -1.07. The number of aromatic hydroxyl groups is 1. The van der Waals surface area contributed by atoms with Crippen molar-refractivity contribution in [3.05, 3.63) is 71.2 Å². The zero-order valence-electron chi connectivity index (χ0n) is 15.5. The van der Waals surface area contributed by atoms with Gasteiger partial charge < -0.3 is 14.9 Å². The van der Waals surface area contributed by atoms with Crippen LogP contribution >= 0.6 is 11.8 Å². The molecule has 1 amide bonds. The second kappa shape index (κ2) is 8.66. The van der Waals surface area contributed by atoms with Gasteiger partial charge in [-0.25, -0.2) is 9.79 Å². The molecule has 1 heterocycles. The lowest BCUT2D eigenvalue weighted by Gasteiger charge is -2.13. The maximum atomic E-state index is 12.9.